The number of aryl methyl sites for hydroxylation is 1. The van der Waals surface area contributed by atoms with Crippen molar-refractivity contribution in [1.82, 2.24) is 19.5 Å². The summed E-state index contributed by atoms with van der Waals surface area (Å²) in [6.45, 7) is 5.09. The van der Waals surface area contributed by atoms with Crippen LogP contribution in [0.3, 0.4) is 0 Å². The third kappa shape index (κ3) is 5.37. The number of para-hydroxylation sites is 1. The number of amides is 1. The van der Waals surface area contributed by atoms with Crippen molar-refractivity contribution in [3.63, 3.8) is 0 Å². The molecular weight excluding hydrogens is 484 g/mol. The zero-order chi connectivity index (χ0) is 27.2. The van der Waals surface area contributed by atoms with Gasteiger partial charge in [-0.05, 0) is 56.5 Å². The maximum Gasteiger partial charge on any atom is 0.277 e. The third-order valence-electron chi connectivity index (χ3n) is 6.74. The minimum absolute atomic E-state index is 0.109. The van der Waals surface area contributed by atoms with Crippen LogP contribution in [0.1, 0.15) is 30.2 Å². The number of rotatable bonds is 11. The summed E-state index contributed by atoms with van der Waals surface area (Å²) < 4.78 is 19.6. The van der Waals surface area contributed by atoms with Crippen LogP contribution in [0.5, 0.6) is 17.2 Å². The predicted octanol–water partition coefficient (Wildman–Crippen LogP) is 3.81. The average molecular weight is 519 g/mol. The molecule has 0 fully saturated rings. The van der Waals surface area contributed by atoms with Crippen LogP contribution in [0.2, 0.25) is 0 Å². The monoisotopic (exact) mass is 518 g/mol. The van der Waals surface area contributed by atoms with Gasteiger partial charge in [-0.15, -0.1) is 0 Å². The van der Waals surface area contributed by atoms with Gasteiger partial charge in [-0.3, -0.25) is 9.59 Å². The summed E-state index contributed by atoms with van der Waals surface area (Å²) in [6.07, 6.45) is 1.18. The predicted molar refractivity (Wildman–Crippen MR) is 146 cm³/mol. The van der Waals surface area contributed by atoms with E-state index in [0.29, 0.717) is 60.1 Å². The van der Waals surface area contributed by atoms with Crippen molar-refractivity contribution < 1.29 is 19.0 Å². The molecule has 4 rings (SSSR count). The maximum absolute atomic E-state index is 13.4. The molecule has 0 saturated heterocycles. The molecule has 2 heterocycles. The molecule has 0 unspecified atom stereocenters. The van der Waals surface area contributed by atoms with Gasteiger partial charge in [0.05, 0.1) is 27.0 Å². The van der Waals surface area contributed by atoms with Crippen molar-refractivity contribution in [2.75, 3.05) is 27.9 Å². The molecule has 0 aliphatic heterocycles. The first kappa shape index (κ1) is 26.8. The van der Waals surface area contributed by atoms with Gasteiger partial charge in [-0.1, -0.05) is 18.2 Å². The largest absolute Gasteiger partial charge is 0.496 e. The molecule has 0 aliphatic carbocycles. The van der Waals surface area contributed by atoms with E-state index in [-0.39, 0.29) is 17.9 Å². The summed E-state index contributed by atoms with van der Waals surface area (Å²) >= 11 is 0. The molecule has 1 N–H and O–H groups in total. The van der Waals surface area contributed by atoms with E-state index in [1.165, 1.54) is 4.52 Å². The van der Waals surface area contributed by atoms with E-state index < -0.39 is 0 Å². The first-order valence-electron chi connectivity index (χ1n) is 12.6. The second-order valence-electron chi connectivity index (χ2n) is 8.90. The number of carbonyl (C=O) groups is 1. The van der Waals surface area contributed by atoms with Crippen molar-refractivity contribution in [2.45, 2.75) is 39.7 Å². The summed E-state index contributed by atoms with van der Waals surface area (Å²) in [6, 6.07) is 15.2. The van der Waals surface area contributed by atoms with E-state index in [2.05, 4.69) is 15.0 Å². The summed E-state index contributed by atoms with van der Waals surface area (Å²) in [4.78, 5) is 26.1. The van der Waals surface area contributed by atoms with Crippen molar-refractivity contribution in [2.24, 2.45) is 0 Å². The quantitative estimate of drug-likeness (QED) is 0.324. The number of nitrogens with one attached hydrogen (secondary N) is 1. The zero-order valence-electron chi connectivity index (χ0n) is 22.5. The highest BCUT2D eigenvalue weighted by atomic mass is 16.5. The minimum atomic E-state index is -0.207. The van der Waals surface area contributed by atoms with Gasteiger partial charge >= 0.3 is 0 Å². The maximum atomic E-state index is 13.4. The molecule has 4 aromatic rings. The molecule has 9 nitrogen and oxygen atoms in total. The topological polar surface area (TPSA) is 96.1 Å². The van der Waals surface area contributed by atoms with Crippen LogP contribution in [0.4, 0.5) is 0 Å². The van der Waals surface area contributed by atoms with E-state index in [1.807, 2.05) is 62.4 Å². The Balaban J connectivity index is 1.49. The normalized spacial score (nSPS) is 11.0. The highest BCUT2D eigenvalue weighted by molar-refractivity contribution is 5.76. The Kier molecular flexibility index (Phi) is 8.35. The van der Waals surface area contributed by atoms with Gasteiger partial charge in [0.2, 0.25) is 5.91 Å². The molecule has 1 amide bonds. The summed E-state index contributed by atoms with van der Waals surface area (Å²) in [5.74, 6) is 1.90. The van der Waals surface area contributed by atoms with Crippen molar-refractivity contribution >= 4 is 11.6 Å². The number of carbonyl (C=O) groups excluding carboxylic acids is 1. The number of aromatic nitrogens is 3. The first-order valence-corrected chi connectivity index (χ1v) is 12.6. The molecule has 0 aliphatic rings. The van der Waals surface area contributed by atoms with Crippen LogP contribution in [0.25, 0.3) is 16.9 Å². The second-order valence-corrected chi connectivity index (χ2v) is 8.90. The first-order chi connectivity index (χ1) is 18.4. The van der Waals surface area contributed by atoms with E-state index in [0.717, 1.165) is 16.8 Å². The zero-order valence-corrected chi connectivity index (χ0v) is 22.5. The minimum Gasteiger partial charge on any atom is -0.496 e. The highest BCUT2D eigenvalue weighted by Gasteiger charge is 2.18. The van der Waals surface area contributed by atoms with Gasteiger partial charge in [0.15, 0.2) is 11.5 Å². The van der Waals surface area contributed by atoms with Crippen LogP contribution in [0, 0.1) is 6.92 Å². The second kappa shape index (κ2) is 11.9. The number of hydrogen-bond acceptors (Lipinski definition) is 6. The van der Waals surface area contributed by atoms with E-state index in [1.54, 1.807) is 21.3 Å². The number of ether oxygens (including phenoxy) is 3. The van der Waals surface area contributed by atoms with Crippen LogP contribution < -0.4 is 25.1 Å². The molecule has 9 heteroatoms. The number of hydrogen-bond donors (Lipinski definition) is 1. The lowest BCUT2D eigenvalue weighted by Crippen LogP contribution is -2.29. The average Bonchev–Trinajstić information content (AvgIpc) is 3.38. The third-order valence-corrected chi connectivity index (χ3v) is 6.74. The lowest BCUT2D eigenvalue weighted by Gasteiger charge is -2.14. The standard InChI is InChI=1S/C29H34N4O5/c1-6-32-19(2)21(12-14-27(34)30-16-15-20-11-13-25(37-4)26(17-20)38-5)29(35)33-28(32)18-23(31-33)22-9-7-8-10-24(22)36-3/h7-11,13,17-18H,6,12,14-16H2,1-5H3,(H,30,34). The van der Waals surface area contributed by atoms with E-state index in [9.17, 15) is 9.59 Å². The van der Waals surface area contributed by atoms with E-state index in [4.69, 9.17) is 14.2 Å². The molecule has 2 aromatic carbocycles. The molecule has 38 heavy (non-hydrogen) atoms. The lowest BCUT2D eigenvalue weighted by atomic mass is 10.1. The van der Waals surface area contributed by atoms with Crippen molar-refractivity contribution in [3.05, 3.63) is 75.7 Å². The fraction of sp³-hybridized carbons (Fsp3) is 0.345. The number of fused-ring (bicyclic) bond motifs is 1. The van der Waals surface area contributed by atoms with Gasteiger partial charge in [-0.25, -0.2) is 0 Å². The Morgan fingerprint density at radius 3 is 2.39 bits per heavy atom. The van der Waals surface area contributed by atoms with Crippen LogP contribution in [0.15, 0.2) is 53.3 Å². The summed E-state index contributed by atoms with van der Waals surface area (Å²) in [5, 5.41) is 7.58. The Morgan fingerprint density at radius 1 is 0.947 bits per heavy atom. The fourth-order valence-corrected chi connectivity index (χ4v) is 4.71. The smallest absolute Gasteiger partial charge is 0.277 e. The molecule has 0 saturated carbocycles. The van der Waals surface area contributed by atoms with Crippen molar-refractivity contribution in [3.8, 4) is 28.5 Å². The van der Waals surface area contributed by atoms with E-state index >= 15 is 0 Å². The molecule has 0 bridgehead atoms. The van der Waals surface area contributed by atoms with Gasteiger partial charge in [0, 0.05) is 42.4 Å². The van der Waals surface area contributed by atoms with Gasteiger partial charge in [0.25, 0.3) is 5.56 Å². The molecule has 0 radical (unpaired) electrons. The van der Waals surface area contributed by atoms with Crippen LogP contribution in [-0.4, -0.2) is 48.0 Å². The molecule has 0 spiro atoms. The number of nitrogens with zero attached hydrogens (tertiary/aromatic N) is 3. The Labute approximate surface area is 222 Å². The molecule has 2 aromatic heterocycles. The summed E-state index contributed by atoms with van der Waals surface area (Å²) in [5.41, 5.74) is 4.43. The Bertz CT molecular complexity index is 1510. The SMILES string of the molecule is CCn1c(C)c(CCC(=O)NCCc2ccc(OC)c(OC)c2)c(=O)n2nc(-c3ccccc3OC)cc12. The molecule has 200 valence electrons. The number of methoxy groups -OCH3 is 3. The van der Waals surface area contributed by atoms with Crippen LogP contribution in [-0.2, 0) is 24.2 Å². The molecule has 0 atom stereocenters. The van der Waals surface area contributed by atoms with Gasteiger partial charge in [0.1, 0.15) is 11.4 Å². The van der Waals surface area contributed by atoms with Gasteiger partial charge in [-0.2, -0.15) is 9.61 Å². The number of benzene rings is 2. The Hall–Kier alpha value is -4.27. The fourth-order valence-electron chi connectivity index (χ4n) is 4.71. The summed E-state index contributed by atoms with van der Waals surface area (Å²) in [7, 11) is 4.80. The van der Waals surface area contributed by atoms with Crippen LogP contribution >= 0.6 is 0 Å². The molecular formula is C29H34N4O5. The highest BCUT2D eigenvalue weighted by Crippen LogP contribution is 2.30. The van der Waals surface area contributed by atoms with Gasteiger partial charge < -0.3 is 24.1 Å². The lowest BCUT2D eigenvalue weighted by molar-refractivity contribution is -0.121. The van der Waals surface area contributed by atoms with Crippen molar-refractivity contribution in [1.29, 1.82) is 0 Å². The Morgan fingerprint density at radius 2 is 1.68 bits per heavy atom.